The van der Waals surface area contributed by atoms with Gasteiger partial charge < -0.3 is 5.32 Å². The first kappa shape index (κ1) is 19.4. The number of amides is 3. The van der Waals surface area contributed by atoms with Gasteiger partial charge in [-0.3, -0.25) is 19.3 Å². The highest BCUT2D eigenvalue weighted by Gasteiger charge is 2.47. The normalized spacial score (nSPS) is 22.1. The number of benzene rings is 1. The number of likely N-dealkylation sites (tertiary alicyclic amines) is 1. The Morgan fingerprint density at radius 1 is 1.15 bits per heavy atom. The van der Waals surface area contributed by atoms with E-state index in [0.29, 0.717) is 12.8 Å². The van der Waals surface area contributed by atoms with Crippen LogP contribution in [0, 0.1) is 11.8 Å². The number of hydrogen-bond donors (Lipinski definition) is 1. The highest BCUT2D eigenvalue weighted by Crippen LogP contribution is 2.37. The maximum absolute atomic E-state index is 13.1. The molecule has 1 saturated heterocycles. The summed E-state index contributed by atoms with van der Waals surface area (Å²) in [5, 5.41) is 2.07. The van der Waals surface area contributed by atoms with Crippen molar-refractivity contribution in [3.05, 3.63) is 40.9 Å². The van der Waals surface area contributed by atoms with Gasteiger partial charge in [0.25, 0.3) is 0 Å². The zero-order valence-corrected chi connectivity index (χ0v) is 14.8. The predicted octanol–water partition coefficient (Wildman–Crippen LogP) is 3.64. The Hall–Kier alpha value is -2.35. The molecule has 1 aromatic rings. The highest BCUT2D eigenvalue weighted by atomic mass is 35.5. The smallest absolute Gasteiger partial charge is 0.325 e. The van der Waals surface area contributed by atoms with E-state index in [4.69, 9.17) is 11.6 Å². The monoisotopic (exact) mass is 400 g/mol. The molecule has 0 bridgehead atoms. The van der Waals surface area contributed by atoms with Gasteiger partial charge in [0.15, 0.2) is 0 Å². The minimum Gasteiger partial charge on any atom is -0.325 e. The van der Waals surface area contributed by atoms with Crippen molar-refractivity contribution in [3.63, 3.8) is 0 Å². The number of carbonyl (C=O) groups excluding carboxylic acids is 3. The summed E-state index contributed by atoms with van der Waals surface area (Å²) in [6.45, 7) is -0.161. The van der Waals surface area contributed by atoms with Crippen LogP contribution in [0.3, 0.4) is 0 Å². The lowest BCUT2D eigenvalue weighted by molar-refractivity contribution is -0.140. The van der Waals surface area contributed by atoms with Crippen molar-refractivity contribution in [3.8, 4) is 0 Å². The molecule has 0 aromatic heterocycles. The Labute approximate surface area is 158 Å². The van der Waals surface area contributed by atoms with Gasteiger partial charge in [0.2, 0.25) is 17.7 Å². The Morgan fingerprint density at radius 2 is 1.74 bits per heavy atom. The lowest BCUT2D eigenvalue weighted by atomic mass is 9.85. The molecule has 5 nitrogen and oxygen atoms in total. The molecule has 3 amide bonds. The first-order valence-corrected chi connectivity index (χ1v) is 8.73. The minimum atomic E-state index is -4.68. The van der Waals surface area contributed by atoms with Crippen LogP contribution in [-0.4, -0.2) is 29.2 Å². The summed E-state index contributed by atoms with van der Waals surface area (Å²) in [7, 11) is 0. The summed E-state index contributed by atoms with van der Waals surface area (Å²) in [6, 6.07) is 3.02. The number of anilines is 1. The molecule has 9 heteroatoms. The first-order chi connectivity index (χ1) is 12.7. The second kappa shape index (κ2) is 7.34. The van der Waals surface area contributed by atoms with Crippen molar-refractivity contribution in [2.24, 2.45) is 11.8 Å². The molecule has 1 N–H and O–H groups in total. The molecule has 1 aliphatic carbocycles. The molecule has 2 aliphatic rings. The van der Waals surface area contributed by atoms with E-state index in [1.807, 2.05) is 12.2 Å². The lowest BCUT2D eigenvalue weighted by Gasteiger charge is -2.16. The largest absolute Gasteiger partial charge is 0.418 e. The van der Waals surface area contributed by atoms with Crippen molar-refractivity contribution in [2.75, 3.05) is 11.9 Å². The molecule has 27 heavy (non-hydrogen) atoms. The summed E-state index contributed by atoms with van der Waals surface area (Å²) in [6.07, 6.45) is -0.305. The van der Waals surface area contributed by atoms with E-state index in [0.717, 1.165) is 17.0 Å². The number of hydrogen-bond acceptors (Lipinski definition) is 3. The molecule has 144 valence electrons. The third-order valence-corrected chi connectivity index (χ3v) is 4.96. The summed E-state index contributed by atoms with van der Waals surface area (Å²) >= 11 is 5.60. The SMILES string of the molecule is O=C(CCN1C(=O)[C@H]2CC=CC[C@H]2C1=O)Nc1ccc(Cl)cc1C(F)(F)F. The second-order valence-corrected chi connectivity index (χ2v) is 6.91. The number of fused-ring (bicyclic) bond motifs is 1. The fourth-order valence-corrected chi connectivity index (χ4v) is 3.55. The van der Waals surface area contributed by atoms with Gasteiger partial charge in [-0.15, -0.1) is 0 Å². The third kappa shape index (κ3) is 4.00. The van der Waals surface area contributed by atoms with Gasteiger partial charge in [-0.25, -0.2) is 0 Å². The molecule has 1 aromatic carbocycles. The van der Waals surface area contributed by atoms with Crippen molar-refractivity contribution in [1.82, 2.24) is 4.90 Å². The van der Waals surface area contributed by atoms with E-state index in [1.165, 1.54) is 6.07 Å². The number of imide groups is 1. The van der Waals surface area contributed by atoms with E-state index in [-0.39, 0.29) is 29.8 Å². The van der Waals surface area contributed by atoms with Gasteiger partial charge >= 0.3 is 6.18 Å². The number of nitrogens with one attached hydrogen (secondary N) is 1. The fraction of sp³-hybridized carbons (Fsp3) is 0.389. The molecular formula is C18H16ClF3N2O3. The molecule has 0 saturated carbocycles. The van der Waals surface area contributed by atoms with Crippen LogP contribution in [0.4, 0.5) is 18.9 Å². The van der Waals surface area contributed by atoms with Crippen molar-refractivity contribution < 1.29 is 27.6 Å². The van der Waals surface area contributed by atoms with Crippen molar-refractivity contribution in [1.29, 1.82) is 0 Å². The predicted molar refractivity (Wildman–Crippen MR) is 91.8 cm³/mol. The maximum Gasteiger partial charge on any atom is 0.418 e. The number of carbonyl (C=O) groups is 3. The van der Waals surface area contributed by atoms with Crippen LogP contribution in [-0.2, 0) is 20.6 Å². The first-order valence-electron chi connectivity index (χ1n) is 8.35. The van der Waals surface area contributed by atoms with E-state index < -0.39 is 35.2 Å². The average molecular weight is 401 g/mol. The van der Waals surface area contributed by atoms with Gasteiger partial charge in [-0.2, -0.15) is 13.2 Å². The molecule has 2 atom stereocenters. The zero-order chi connectivity index (χ0) is 19.8. The lowest BCUT2D eigenvalue weighted by Crippen LogP contribution is -2.34. The van der Waals surface area contributed by atoms with E-state index in [2.05, 4.69) is 5.32 Å². The number of rotatable bonds is 4. The molecule has 1 fully saturated rings. The quantitative estimate of drug-likeness (QED) is 0.620. The fourth-order valence-electron chi connectivity index (χ4n) is 3.38. The van der Waals surface area contributed by atoms with Crippen LogP contribution in [0.15, 0.2) is 30.4 Å². The Bertz CT molecular complexity index is 797. The molecule has 0 spiro atoms. The standard InChI is InChI=1S/C18H16ClF3N2O3/c19-10-5-6-14(13(9-10)18(20,21)22)23-15(25)7-8-24-16(26)11-3-1-2-4-12(11)17(24)27/h1-2,5-6,9,11-12H,3-4,7-8H2,(H,23,25)/t11-,12+. The van der Waals surface area contributed by atoms with Crippen LogP contribution in [0.1, 0.15) is 24.8 Å². The van der Waals surface area contributed by atoms with Gasteiger partial charge in [-0.05, 0) is 31.0 Å². The highest BCUT2D eigenvalue weighted by molar-refractivity contribution is 6.30. The van der Waals surface area contributed by atoms with E-state index in [1.54, 1.807) is 0 Å². The summed E-state index contributed by atoms with van der Waals surface area (Å²) in [5.41, 5.74) is -1.48. The molecule has 1 heterocycles. The molecule has 0 radical (unpaired) electrons. The van der Waals surface area contributed by atoms with Gasteiger partial charge in [0, 0.05) is 18.0 Å². The van der Waals surface area contributed by atoms with Crippen LogP contribution in [0.2, 0.25) is 5.02 Å². The second-order valence-electron chi connectivity index (χ2n) is 6.47. The van der Waals surface area contributed by atoms with E-state index >= 15 is 0 Å². The minimum absolute atomic E-state index is 0.107. The van der Waals surface area contributed by atoms with Crippen LogP contribution in [0.25, 0.3) is 0 Å². The van der Waals surface area contributed by atoms with Crippen LogP contribution < -0.4 is 5.32 Å². The Kier molecular flexibility index (Phi) is 5.28. The summed E-state index contributed by atoms with van der Waals surface area (Å²) in [4.78, 5) is 37.8. The number of nitrogens with zero attached hydrogens (tertiary/aromatic N) is 1. The average Bonchev–Trinajstić information content (AvgIpc) is 2.85. The molecule has 3 rings (SSSR count). The maximum atomic E-state index is 13.1. The number of halogens is 4. The zero-order valence-electron chi connectivity index (χ0n) is 14.1. The molecule has 0 unspecified atom stereocenters. The van der Waals surface area contributed by atoms with Gasteiger partial charge in [0.05, 0.1) is 23.1 Å². The molecular weight excluding hydrogens is 385 g/mol. The number of allylic oxidation sites excluding steroid dienone is 2. The van der Waals surface area contributed by atoms with Gasteiger partial charge in [0.1, 0.15) is 0 Å². The van der Waals surface area contributed by atoms with Gasteiger partial charge in [-0.1, -0.05) is 23.8 Å². The summed E-state index contributed by atoms with van der Waals surface area (Å²) in [5.74, 6) is -2.19. The van der Waals surface area contributed by atoms with Crippen molar-refractivity contribution in [2.45, 2.75) is 25.4 Å². The van der Waals surface area contributed by atoms with Crippen LogP contribution >= 0.6 is 11.6 Å². The van der Waals surface area contributed by atoms with Crippen molar-refractivity contribution >= 4 is 35.0 Å². The summed E-state index contributed by atoms with van der Waals surface area (Å²) < 4.78 is 39.2. The Balaban J connectivity index is 1.64. The molecule has 1 aliphatic heterocycles. The number of alkyl halides is 3. The third-order valence-electron chi connectivity index (χ3n) is 4.72. The van der Waals surface area contributed by atoms with Crippen LogP contribution in [0.5, 0.6) is 0 Å². The Morgan fingerprint density at radius 3 is 2.30 bits per heavy atom. The topological polar surface area (TPSA) is 66.5 Å². The van der Waals surface area contributed by atoms with E-state index in [9.17, 15) is 27.6 Å².